The Morgan fingerprint density at radius 2 is 1.91 bits per heavy atom. The number of rotatable bonds is 6. The molecule has 1 aliphatic rings. The molecule has 0 unspecified atom stereocenters. The van der Waals surface area contributed by atoms with Gasteiger partial charge < -0.3 is 15.0 Å². The number of nitrogens with one attached hydrogen (secondary N) is 1. The highest BCUT2D eigenvalue weighted by Gasteiger charge is 2.44. The molecule has 2 amide bonds. The van der Waals surface area contributed by atoms with Crippen LogP contribution in [-0.4, -0.2) is 39.4 Å². The molecule has 0 radical (unpaired) electrons. The zero-order valence-electron chi connectivity index (χ0n) is 19.4. The quantitative estimate of drug-likeness (QED) is 0.538. The van der Waals surface area contributed by atoms with Gasteiger partial charge in [-0.2, -0.15) is 5.10 Å². The van der Waals surface area contributed by atoms with Gasteiger partial charge >= 0.3 is 6.36 Å². The first-order valence-corrected chi connectivity index (χ1v) is 11.1. The summed E-state index contributed by atoms with van der Waals surface area (Å²) in [6.45, 7) is 4.37. The molecule has 0 fully saturated rings. The molecule has 4 rings (SSSR count). The van der Waals surface area contributed by atoms with Crippen LogP contribution in [0.15, 0.2) is 60.9 Å². The third kappa shape index (κ3) is 5.31. The smallest absolute Gasteiger partial charge is 0.406 e. The first kappa shape index (κ1) is 24.3. The Morgan fingerprint density at radius 1 is 1.17 bits per heavy atom. The van der Waals surface area contributed by atoms with E-state index in [9.17, 15) is 22.8 Å². The second-order valence-electron chi connectivity index (χ2n) is 8.87. The fraction of sp³-hybridized carbons (Fsp3) is 0.320. The predicted octanol–water partition coefficient (Wildman–Crippen LogP) is 4.89. The lowest BCUT2D eigenvalue weighted by atomic mass is 9.79. The van der Waals surface area contributed by atoms with Crippen molar-refractivity contribution in [3.8, 4) is 5.75 Å². The van der Waals surface area contributed by atoms with E-state index in [1.165, 1.54) is 12.1 Å². The van der Waals surface area contributed by atoms with E-state index in [0.29, 0.717) is 23.2 Å². The van der Waals surface area contributed by atoms with Crippen LogP contribution in [0.1, 0.15) is 47.3 Å². The lowest BCUT2D eigenvalue weighted by molar-refractivity contribution is -0.274. The third-order valence-corrected chi connectivity index (χ3v) is 5.68. The summed E-state index contributed by atoms with van der Waals surface area (Å²) >= 11 is 0. The minimum absolute atomic E-state index is 0.128. The number of hydrogen-bond acceptors (Lipinski definition) is 4. The molecule has 10 heteroatoms. The molecule has 1 N–H and O–H groups in total. The van der Waals surface area contributed by atoms with Gasteiger partial charge in [-0.05, 0) is 29.7 Å². The number of aromatic nitrogens is 2. The summed E-state index contributed by atoms with van der Waals surface area (Å²) < 4.78 is 43.6. The van der Waals surface area contributed by atoms with Gasteiger partial charge in [0, 0.05) is 42.7 Å². The summed E-state index contributed by atoms with van der Waals surface area (Å²) in [5.74, 6) is -1.79. The van der Waals surface area contributed by atoms with E-state index in [0.717, 1.165) is 12.1 Å². The Kier molecular flexibility index (Phi) is 6.56. The molecule has 0 saturated carbocycles. The van der Waals surface area contributed by atoms with E-state index >= 15 is 0 Å². The number of amides is 2. The largest absolute Gasteiger partial charge is 0.573 e. The van der Waals surface area contributed by atoms with Crippen LogP contribution in [0, 0.1) is 5.92 Å². The maximum absolute atomic E-state index is 13.7. The summed E-state index contributed by atoms with van der Waals surface area (Å²) in [7, 11) is 1.75. The molecule has 2 atom stereocenters. The zero-order valence-corrected chi connectivity index (χ0v) is 19.4. The molecule has 1 aliphatic heterocycles. The van der Waals surface area contributed by atoms with Crippen LogP contribution in [0.4, 0.5) is 18.9 Å². The Labute approximate surface area is 200 Å². The van der Waals surface area contributed by atoms with Gasteiger partial charge in [0.25, 0.3) is 5.91 Å². The number of fused-ring (bicyclic) bond motifs is 1. The highest BCUT2D eigenvalue weighted by Crippen LogP contribution is 2.43. The van der Waals surface area contributed by atoms with Gasteiger partial charge in [-0.1, -0.05) is 38.1 Å². The van der Waals surface area contributed by atoms with Gasteiger partial charge in [0.05, 0.1) is 18.2 Å². The Balaban J connectivity index is 1.76. The number of nitrogens with zero attached hydrogens (tertiary/aromatic N) is 3. The first-order chi connectivity index (χ1) is 16.5. The van der Waals surface area contributed by atoms with Crippen LogP contribution in [-0.2, 0) is 11.8 Å². The second-order valence-corrected chi connectivity index (χ2v) is 8.87. The lowest BCUT2D eigenvalue weighted by Crippen LogP contribution is -2.47. The molecule has 184 valence electrons. The summed E-state index contributed by atoms with van der Waals surface area (Å²) in [5.41, 5.74) is 1.80. The van der Waals surface area contributed by atoms with Gasteiger partial charge in [-0.15, -0.1) is 13.2 Å². The summed E-state index contributed by atoms with van der Waals surface area (Å²) in [5, 5.41) is 6.96. The number of halogens is 3. The Bertz CT molecular complexity index is 1240. The van der Waals surface area contributed by atoms with Crippen molar-refractivity contribution in [1.29, 1.82) is 0 Å². The molecule has 0 saturated heterocycles. The molecule has 2 aromatic carbocycles. The second kappa shape index (κ2) is 9.44. The third-order valence-electron chi connectivity index (χ3n) is 5.68. The van der Waals surface area contributed by atoms with Crippen molar-refractivity contribution in [2.24, 2.45) is 13.0 Å². The molecule has 0 spiro atoms. The minimum Gasteiger partial charge on any atom is -0.406 e. The van der Waals surface area contributed by atoms with E-state index in [2.05, 4.69) is 15.2 Å². The van der Waals surface area contributed by atoms with Crippen molar-refractivity contribution in [2.45, 2.75) is 32.2 Å². The first-order valence-electron chi connectivity index (χ1n) is 11.1. The van der Waals surface area contributed by atoms with Crippen LogP contribution in [0.5, 0.6) is 5.75 Å². The number of carbonyl (C=O) groups is 2. The lowest BCUT2D eigenvalue weighted by Gasteiger charge is -2.42. The number of aryl methyl sites for hydroxylation is 1. The van der Waals surface area contributed by atoms with E-state index in [1.807, 2.05) is 13.8 Å². The number of hydrogen-bond donors (Lipinski definition) is 1. The van der Waals surface area contributed by atoms with E-state index in [4.69, 9.17) is 0 Å². The van der Waals surface area contributed by atoms with Crippen molar-refractivity contribution in [3.63, 3.8) is 0 Å². The number of benzene rings is 2. The summed E-state index contributed by atoms with van der Waals surface area (Å²) in [6, 6.07) is 11.4. The maximum atomic E-state index is 13.7. The van der Waals surface area contributed by atoms with Crippen molar-refractivity contribution in [3.05, 3.63) is 77.6 Å². The van der Waals surface area contributed by atoms with Gasteiger partial charge in [0.15, 0.2) is 0 Å². The molecular weight excluding hydrogens is 461 g/mol. The number of alkyl halides is 3. The predicted molar refractivity (Wildman–Crippen MR) is 123 cm³/mol. The molecule has 2 heterocycles. The maximum Gasteiger partial charge on any atom is 0.573 e. The van der Waals surface area contributed by atoms with Crippen LogP contribution >= 0.6 is 0 Å². The molecule has 1 aromatic heterocycles. The van der Waals surface area contributed by atoms with Gasteiger partial charge in [-0.25, -0.2) is 0 Å². The minimum atomic E-state index is -4.85. The van der Waals surface area contributed by atoms with Crippen molar-refractivity contribution in [2.75, 3.05) is 11.9 Å². The van der Waals surface area contributed by atoms with Crippen LogP contribution in [0.3, 0.4) is 0 Å². The topological polar surface area (TPSA) is 76.5 Å². The van der Waals surface area contributed by atoms with Crippen molar-refractivity contribution in [1.82, 2.24) is 14.7 Å². The van der Waals surface area contributed by atoms with E-state index in [1.54, 1.807) is 53.3 Å². The van der Waals surface area contributed by atoms with Gasteiger partial charge in [0.2, 0.25) is 5.91 Å². The van der Waals surface area contributed by atoms with Gasteiger partial charge in [0.1, 0.15) is 5.75 Å². The van der Waals surface area contributed by atoms with E-state index < -0.39 is 30.0 Å². The monoisotopic (exact) mass is 486 g/mol. The summed E-state index contributed by atoms with van der Waals surface area (Å²) in [4.78, 5) is 28.9. The SMILES string of the molecule is CC(C)CN1C(=O)c2ccccc2[C@@H](C(=O)Nc2cccc(OC(F)(F)F)c2)[C@@H]1c1cnn(C)c1. The molecule has 7 nitrogen and oxygen atoms in total. The molecule has 0 bridgehead atoms. The van der Waals surface area contributed by atoms with Crippen LogP contribution in [0.25, 0.3) is 0 Å². The zero-order chi connectivity index (χ0) is 25.3. The van der Waals surface area contributed by atoms with Crippen LogP contribution in [0.2, 0.25) is 0 Å². The fourth-order valence-corrected chi connectivity index (χ4v) is 4.42. The fourth-order valence-electron chi connectivity index (χ4n) is 4.42. The standard InChI is InChI=1S/C25H25F3N4O3/c1-15(2)13-32-22(16-12-29-31(3)14-16)21(19-9-4-5-10-20(19)24(32)34)23(33)30-17-7-6-8-18(11-17)35-25(26,27)28/h4-12,14-15,21-22H,13H2,1-3H3,(H,30,33)/t21-,22+/m1/s1. The highest BCUT2D eigenvalue weighted by molar-refractivity contribution is 6.04. The molecule has 0 aliphatic carbocycles. The average Bonchev–Trinajstić information content (AvgIpc) is 3.20. The average molecular weight is 486 g/mol. The molecule has 3 aromatic rings. The Morgan fingerprint density at radius 3 is 2.57 bits per heavy atom. The van der Waals surface area contributed by atoms with Gasteiger partial charge in [-0.3, -0.25) is 14.3 Å². The number of carbonyl (C=O) groups excluding carboxylic acids is 2. The number of ether oxygens (including phenoxy) is 1. The Hall–Kier alpha value is -3.82. The van der Waals surface area contributed by atoms with Crippen LogP contribution < -0.4 is 10.1 Å². The van der Waals surface area contributed by atoms with Crippen molar-refractivity contribution < 1.29 is 27.5 Å². The highest BCUT2D eigenvalue weighted by atomic mass is 19.4. The number of anilines is 1. The molecular formula is C25H25F3N4O3. The summed E-state index contributed by atoms with van der Waals surface area (Å²) in [6.07, 6.45) is -1.47. The normalized spacial score (nSPS) is 17.9. The van der Waals surface area contributed by atoms with Crippen molar-refractivity contribution >= 4 is 17.5 Å². The molecule has 35 heavy (non-hydrogen) atoms. The van der Waals surface area contributed by atoms with E-state index in [-0.39, 0.29) is 17.5 Å².